The lowest BCUT2D eigenvalue weighted by Crippen LogP contribution is -2.61. The number of aryl methyl sites for hydroxylation is 1. The van der Waals surface area contributed by atoms with Gasteiger partial charge in [-0.2, -0.15) is 5.10 Å². The van der Waals surface area contributed by atoms with Crippen LogP contribution >= 0.6 is 0 Å². The zero-order valence-corrected chi connectivity index (χ0v) is 77.3. The number of aliphatic hydroxyl groups is 3. The number of anilines is 1. The van der Waals surface area contributed by atoms with Crippen molar-refractivity contribution in [1.29, 1.82) is 0 Å². The number of fused-ring (bicyclic) bond motifs is 5. The van der Waals surface area contributed by atoms with Gasteiger partial charge in [0.25, 0.3) is 17.6 Å². The molecule has 0 spiro atoms. The molecule has 1 saturated carbocycles. The standard InChI is InChI=1S/C95H136N14O23/c1-60-17-10-9-11-18-61(2)79(122-7)56-71-25-22-65(6)95(121,132-71)89(117)93(119)107-33-14-12-21-77(107)94(120)131-80(57-78(111)62(3)50-64(5)87(115)88(116)86(114)63(4)49-60)72(96)51-66-23-27-76(81(52-66)123-8)109-58-75(104-106-109)67-19-16-20-68(53-67)92(118)100-32-38-127-42-46-128-43-39-125-36-29-83(113)99-31-37-126-41-45-130-48-47-129-44-40-124-35-28-82(112)98-30-13-15-34-108-91-84(90(97)101-59-102-91)85(105-108)74-55-69-54-70(110)24-26-73(69)103-74/h9-11,16-20,24,26,50,53-55,58-60,62-63,65-66,71-72,76-77,79-81,87-88,103,110,115-116,121H,12-15,21-23,25,27-49,51-52,56-57,96H2,1-8H3,(H,98,112)(H,99,113)(H,100,118)(H2,97,101,102)/b11-9?,17-10+,61-18?,64-50+/t60-,62-,63-,65-,66+,71+,72-,76+,77+,79+,80+,81-,87-,88+,95-/m1/s1. The number of nitrogen functional groups attached to an aromatic ring is 1. The number of esters is 1. The van der Waals surface area contributed by atoms with Crippen LogP contribution in [-0.4, -0.2) is 299 Å². The maximum Gasteiger partial charge on any atom is 0.329 e. The van der Waals surface area contributed by atoms with E-state index in [4.69, 9.17) is 68.7 Å². The van der Waals surface area contributed by atoms with Gasteiger partial charge in [-0.05, 0) is 150 Å². The van der Waals surface area contributed by atoms with Crippen molar-refractivity contribution in [3.8, 4) is 28.4 Å². The Bertz CT molecular complexity index is 4860. The second kappa shape index (κ2) is 53.2. The first-order valence-corrected chi connectivity index (χ1v) is 46.2. The number of Topliss-reactive ketones (excluding diaryl/α,β-unsaturated/α-hetero) is 3. The number of ketones is 3. The summed E-state index contributed by atoms with van der Waals surface area (Å²) in [5, 5.41) is 68.6. The number of rotatable bonds is 41. The SMILES string of the molecule is CO[C@H]1C[C@@H]2CC[C@@H](C)[C@@](O)(O2)C(=O)C(=O)N2CCCC[C@H]2C(=O)O[C@H]([C@H](N)C[C@@H]2CC[C@H](n3cc(-c4cccc(C(=O)NCCOCCOCCOCCC(=O)NCCOCCOCCOCCOCCC(=O)NCCCCn5nc(-c6cc7cc(O)ccc7[nH]6)c6c(N)ncnc65)c4)nn3)[C@H](OC)C2)CC(=O)[C@H](C)/C=C(\C)[C@@H](O)[C@@H](O)C(=O)[C@H](C)C[C@H](C)/C=C/C=CC=C1C. The molecular formula is C95H136N14O23. The number of nitrogens with zero attached hydrogens (tertiary/aromatic N) is 8. The summed E-state index contributed by atoms with van der Waals surface area (Å²) in [6.45, 7) is 16.2. The number of carbonyl (C=O) groups excluding carboxylic acids is 8. The molecule has 2 saturated heterocycles. The van der Waals surface area contributed by atoms with Crippen LogP contribution < -0.4 is 27.4 Å². The Hall–Kier alpha value is -9.97. The molecule has 0 radical (unpaired) electrons. The predicted molar refractivity (Wildman–Crippen MR) is 489 cm³/mol. The highest BCUT2D eigenvalue weighted by atomic mass is 16.6. The molecule has 6 aromatic rings. The van der Waals surface area contributed by atoms with E-state index in [1.54, 1.807) is 86.9 Å². The van der Waals surface area contributed by atoms with Crippen molar-refractivity contribution in [3.05, 3.63) is 114 Å². The predicted octanol–water partition coefficient (Wildman–Crippen LogP) is 7.27. The third-order valence-corrected chi connectivity index (χ3v) is 24.7. The van der Waals surface area contributed by atoms with Gasteiger partial charge in [-0.1, -0.05) is 81.5 Å². The summed E-state index contributed by atoms with van der Waals surface area (Å²) in [6.07, 6.45) is 13.7. The molecule has 2 bridgehead atoms. The van der Waals surface area contributed by atoms with Crippen LogP contribution in [0.4, 0.5) is 5.82 Å². The normalized spacial score (nSPS) is 25.2. The molecule has 2 aromatic carbocycles. The number of unbranched alkanes of at least 4 members (excludes halogenated alkanes) is 1. The van der Waals surface area contributed by atoms with Crippen molar-refractivity contribution < 1.29 is 111 Å². The molecular weight excluding hydrogens is 1710 g/mol. The fourth-order valence-corrected chi connectivity index (χ4v) is 17.0. The van der Waals surface area contributed by atoms with Crippen LogP contribution in [0.2, 0.25) is 0 Å². The first-order valence-electron chi connectivity index (χ1n) is 46.2. The number of cyclic esters (lactones) is 1. The Balaban J connectivity index is 0.570. The van der Waals surface area contributed by atoms with Gasteiger partial charge in [0, 0.05) is 118 Å². The number of aromatic amines is 1. The van der Waals surface area contributed by atoms with Gasteiger partial charge < -0.3 is 110 Å². The van der Waals surface area contributed by atoms with E-state index in [9.17, 15) is 58.8 Å². The fraction of sp³-hybridized carbons (Fsp3) is 0.611. The Labute approximate surface area is 770 Å². The summed E-state index contributed by atoms with van der Waals surface area (Å²) in [7, 11) is 3.15. The number of methoxy groups -OCH3 is 2. The van der Waals surface area contributed by atoms with Crippen molar-refractivity contribution in [2.45, 2.75) is 211 Å². The van der Waals surface area contributed by atoms with E-state index in [-0.39, 0.29) is 125 Å². The minimum atomic E-state index is -2.51. The topological polar surface area (TPSA) is 500 Å². The molecule has 1 aliphatic carbocycles. The van der Waals surface area contributed by atoms with E-state index in [1.807, 2.05) is 56.4 Å². The molecule has 3 aliphatic heterocycles. The quantitative estimate of drug-likeness (QED) is 0.00780. The van der Waals surface area contributed by atoms with E-state index < -0.39 is 108 Å². The van der Waals surface area contributed by atoms with E-state index in [1.165, 1.54) is 19.3 Å². The third-order valence-electron chi connectivity index (χ3n) is 24.7. The largest absolute Gasteiger partial charge is 0.508 e. The molecule has 4 amide bonds. The number of nitrogens with two attached hydrogens (primary N) is 2. The second-order valence-corrected chi connectivity index (χ2v) is 34.7. The van der Waals surface area contributed by atoms with E-state index in [2.05, 4.69) is 41.2 Å². The number of benzene rings is 2. The van der Waals surface area contributed by atoms with Gasteiger partial charge in [0.2, 0.25) is 17.6 Å². The van der Waals surface area contributed by atoms with Crippen LogP contribution in [0, 0.1) is 29.6 Å². The molecule has 10 rings (SSSR count). The molecule has 3 fully saturated rings. The summed E-state index contributed by atoms with van der Waals surface area (Å²) in [5.74, 6) is -9.33. The van der Waals surface area contributed by atoms with Crippen LogP contribution in [0.3, 0.4) is 0 Å². The highest BCUT2D eigenvalue weighted by Crippen LogP contribution is 2.40. The van der Waals surface area contributed by atoms with Crippen molar-refractivity contribution in [2.24, 2.45) is 35.3 Å². The first-order chi connectivity index (χ1) is 63.6. The molecule has 724 valence electrons. The van der Waals surface area contributed by atoms with E-state index in [0.717, 1.165) is 39.9 Å². The number of H-pyrrole nitrogens is 1. The molecule has 4 aliphatic rings. The number of aliphatic hydroxyl groups excluding tert-OH is 2. The van der Waals surface area contributed by atoms with Gasteiger partial charge in [0.15, 0.2) is 11.4 Å². The maximum atomic E-state index is 14.8. The number of amides is 4. The third kappa shape index (κ3) is 30.8. The Morgan fingerprint density at radius 3 is 2.08 bits per heavy atom. The Kier molecular flexibility index (Phi) is 42.0. The van der Waals surface area contributed by atoms with Crippen molar-refractivity contribution in [2.75, 3.05) is 139 Å². The highest BCUT2D eigenvalue weighted by molar-refractivity contribution is 6.39. The lowest BCUT2D eigenvalue weighted by atomic mass is 9.79. The summed E-state index contributed by atoms with van der Waals surface area (Å²) < 4.78 is 67.1. The first kappa shape index (κ1) is 104. The van der Waals surface area contributed by atoms with Gasteiger partial charge in [-0.15, -0.1) is 5.10 Å². The van der Waals surface area contributed by atoms with Crippen LogP contribution in [0.15, 0.2) is 109 Å². The monoisotopic (exact) mass is 1840 g/mol. The smallest absolute Gasteiger partial charge is 0.329 e. The zero-order chi connectivity index (χ0) is 94.6. The van der Waals surface area contributed by atoms with Crippen LogP contribution in [0.5, 0.6) is 5.75 Å². The number of aromatic nitrogens is 8. The van der Waals surface area contributed by atoms with Crippen LogP contribution in [0.25, 0.3) is 44.6 Å². The number of phenolic OH excluding ortho intramolecular Hbond substituents is 1. The molecule has 37 heteroatoms. The number of allylic oxidation sites excluding steroid dienone is 6. The van der Waals surface area contributed by atoms with Gasteiger partial charge in [-0.25, -0.2) is 24.1 Å². The van der Waals surface area contributed by atoms with E-state index in [0.29, 0.717) is 170 Å². The molecule has 37 nitrogen and oxygen atoms in total. The maximum absolute atomic E-state index is 14.8. The number of carbonyl (C=O) groups is 8. The molecule has 15 atom stereocenters. The number of ether oxygens (including phenoxy) is 11. The van der Waals surface area contributed by atoms with Crippen molar-refractivity contribution >= 4 is 74.7 Å². The Morgan fingerprint density at radius 1 is 0.712 bits per heavy atom. The number of piperidine rings is 1. The highest BCUT2D eigenvalue weighted by Gasteiger charge is 2.53. The Morgan fingerprint density at radius 2 is 1.39 bits per heavy atom. The lowest BCUT2D eigenvalue weighted by molar-refractivity contribution is -0.265. The summed E-state index contributed by atoms with van der Waals surface area (Å²) >= 11 is 0. The lowest BCUT2D eigenvalue weighted by Gasteiger charge is -2.42. The average molecular weight is 1840 g/mol. The number of hydrogen-bond acceptors (Lipinski definition) is 30. The molecule has 12 N–H and O–H groups in total. The summed E-state index contributed by atoms with van der Waals surface area (Å²) in [5.41, 5.74) is 18.8. The molecule has 4 aromatic heterocycles. The van der Waals surface area contributed by atoms with Gasteiger partial charge in [0.05, 0.1) is 134 Å². The van der Waals surface area contributed by atoms with Crippen molar-refractivity contribution in [1.82, 2.24) is 60.6 Å². The summed E-state index contributed by atoms with van der Waals surface area (Å²) in [6, 6.07) is 11.5. The van der Waals surface area contributed by atoms with Gasteiger partial charge >= 0.3 is 5.97 Å². The fourth-order valence-electron chi connectivity index (χ4n) is 17.0. The number of phenols is 1. The van der Waals surface area contributed by atoms with Crippen molar-refractivity contribution in [3.63, 3.8) is 0 Å². The number of aromatic hydroxyl groups is 1. The number of hydrogen-bond donors (Lipinski definition) is 10. The molecule has 7 heterocycles. The number of nitrogens with one attached hydrogen (secondary N) is 4. The second-order valence-electron chi connectivity index (χ2n) is 34.7. The van der Waals surface area contributed by atoms with Gasteiger partial charge in [-0.3, -0.25) is 33.6 Å². The minimum absolute atomic E-state index is 0.0000997. The van der Waals surface area contributed by atoms with Crippen LogP contribution in [0.1, 0.15) is 161 Å². The minimum Gasteiger partial charge on any atom is -0.508 e. The zero-order valence-electron chi connectivity index (χ0n) is 77.3. The van der Waals surface area contributed by atoms with Crippen LogP contribution in [-0.2, 0) is 92.2 Å². The molecule has 0 unspecified atom stereocenters. The molecule has 132 heavy (non-hydrogen) atoms. The van der Waals surface area contributed by atoms with E-state index >= 15 is 0 Å². The van der Waals surface area contributed by atoms with Gasteiger partial charge in [0.1, 0.15) is 59.4 Å². The summed E-state index contributed by atoms with van der Waals surface area (Å²) in [4.78, 5) is 123. The average Bonchev–Trinajstić information content (AvgIpc) is 1.48.